The molecule has 2 heteroatoms. The molecule has 0 bridgehead atoms. The van der Waals surface area contributed by atoms with Crippen LogP contribution in [0.5, 0.6) is 0 Å². The molecule has 1 aromatic rings. The Morgan fingerprint density at radius 3 is 2.67 bits per heavy atom. The minimum Gasteiger partial charge on any atom is -0.336 e. The standard InChI is InChI=1S/C16H20N2/c1-12(2)14-7-8-16(13(3)10-14)18-9-5-4-6-15(18)11-17/h4-12,15,17H,1-3H3. The summed E-state index contributed by atoms with van der Waals surface area (Å²) in [6.07, 6.45) is 9.53. The van der Waals surface area contributed by atoms with E-state index in [2.05, 4.69) is 43.9 Å². The predicted octanol–water partition coefficient (Wildman–Crippen LogP) is 4.03. The molecule has 0 saturated heterocycles. The van der Waals surface area contributed by atoms with E-state index in [0.29, 0.717) is 5.92 Å². The molecule has 0 saturated carbocycles. The third kappa shape index (κ3) is 2.37. The van der Waals surface area contributed by atoms with Crippen LogP contribution in [0.25, 0.3) is 0 Å². The molecule has 94 valence electrons. The second kappa shape index (κ2) is 5.21. The number of benzene rings is 1. The van der Waals surface area contributed by atoms with Gasteiger partial charge in [0.25, 0.3) is 0 Å². The number of nitrogens with zero attached hydrogens (tertiary/aromatic N) is 1. The summed E-state index contributed by atoms with van der Waals surface area (Å²) in [7, 11) is 0. The molecule has 0 radical (unpaired) electrons. The Kier molecular flexibility index (Phi) is 3.66. The molecule has 0 aromatic heterocycles. The molecule has 18 heavy (non-hydrogen) atoms. The van der Waals surface area contributed by atoms with Gasteiger partial charge in [-0.15, -0.1) is 0 Å². The van der Waals surface area contributed by atoms with Crippen molar-refractivity contribution in [1.82, 2.24) is 0 Å². The van der Waals surface area contributed by atoms with Crippen LogP contribution in [-0.2, 0) is 0 Å². The molecular formula is C16H20N2. The Morgan fingerprint density at radius 2 is 2.06 bits per heavy atom. The maximum absolute atomic E-state index is 7.51. The van der Waals surface area contributed by atoms with Crippen LogP contribution >= 0.6 is 0 Å². The molecule has 2 rings (SSSR count). The molecule has 1 aromatic carbocycles. The first-order valence-corrected chi connectivity index (χ1v) is 6.38. The van der Waals surface area contributed by atoms with E-state index in [1.165, 1.54) is 23.0 Å². The minimum atomic E-state index is 0.0265. The van der Waals surface area contributed by atoms with Crippen molar-refractivity contribution in [3.05, 3.63) is 53.8 Å². The fourth-order valence-corrected chi connectivity index (χ4v) is 2.22. The molecule has 0 fully saturated rings. The first-order chi connectivity index (χ1) is 8.63. The van der Waals surface area contributed by atoms with Crippen molar-refractivity contribution in [2.45, 2.75) is 32.7 Å². The lowest BCUT2D eigenvalue weighted by molar-refractivity contribution is 0.862. The highest BCUT2D eigenvalue weighted by molar-refractivity contribution is 5.74. The quantitative estimate of drug-likeness (QED) is 0.793. The van der Waals surface area contributed by atoms with Gasteiger partial charge in [-0.05, 0) is 36.1 Å². The lowest BCUT2D eigenvalue weighted by Crippen LogP contribution is -2.31. The van der Waals surface area contributed by atoms with Crippen molar-refractivity contribution in [3.63, 3.8) is 0 Å². The molecule has 0 amide bonds. The van der Waals surface area contributed by atoms with E-state index in [4.69, 9.17) is 5.41 Å². The van der Waals surface area contributed by atoms with Crippen molar-refractivity contribution in [2.24, 2.45) is 0 Å². The van der Waals surface area contributed by atoms with Crippen LogP contribution in [0.2, 0.25) is 0 Å². The van der Waals surface area contributed by atoms with E-state index in [-0.39, 0.29) is 6.04 Å². The van der Waals surface area contributed by atoms with Gasteiger partial charge in [0, 0.05) is 18.1 Å². The van der Waals surface area contributed by atoms with Gasteiger partial charge in [0.2, 0.25) is 0 Å². The molecule has 1 heterocycles. The number of aryl methyl sites for hydroxylation is 1. The Hall–Kier alpha value is -1.83. The van der Waals surface area contributed by atoms with Gasteiger partial charge in [-0.1, -0.05) is 38.1 Å². The second-order valence-electron chi connectivity index (χ2n) is 4.99. The Bertz CT molecular complexity index is 498. The largest absolute Gasteiger partial charge is 0.336 e. The van der Waals surface area contributed by atoms with E-state index < -0.39 is 0 Å². The molecule has 1 aliphatic heterocycles. The third-order valence-electron chi connectivity index (χ3n) is 3.32. The van der Waals surface area contributed by atoms with Gasteiger partial charge < -0.3 is 10.3 Å². The molecule has 1 N–H and O–H groups in total. The van der Waals surface area contributed by atoms with Gasteiger partial charge >= 0.3 is 0 Å². The fraction of sp³-hybridized carbons (Fsp3) is 0.312. The van der Waals surface area contributed by atoms with E-state index >= 15 is 0 Å². The average Bonchev–Trinajstić information content (AvgIpc) is 2.38. The lowest BCUT2D eigenvalue weighted by Gasteiger charge is -2.29. The zero-order valence-electron chi connectivity index (χ0n) is 11.2. The SMILES string of the molecule is Cc1cc(C(C)C)ccc1N1C=CC=CC1C=N. The first kappa shape index (κ1) is 12.6. The van der Waals surface area contributed by atoms with Gasteiger partial charge in [0.05, 0.1) is 6.04 Å². The third-order valence-corrected chi connectivity index (χ3v) is 3.32. The summed E-state index contributed by atoms with van der Waals surface area (Å²) in [6.45, 7) is 6.55. The zero-order valence-corrected chi connectivity index (χ0v) is 11.2. The van der Waals surface area contributed by atoms with Crippen molar-refractivity contribution >= 4 is 11.9 Å². The predicted molar refractivity (Wildman–Crippen MR) is 78.6 cm³/mol. The van der Waals surface area contributed by atoms with Crippen LogP contribution in [0, 0.1) is 12.3 Å². The minimum absolute atomic E-state index is 0.0265. The summed E-state index contributed by atoms with van der Waals surface area (Å²) < 4.78 is 0. The summed E-state index contributed by atoms with van der Waals surface area (Å²) in [4.78, 5) is 2.13. The lowest BCUT2D eigenvalue weighted by atomic mass is 9.99. The van der Waals surface area contributed by atoms with Gasteiger partial charge in [-0.25, -0.2) is 0 Å². The number of hydrogen-bond donors (Lipinski definition) is 1. The normalized spacial score (nSPS) is 18.4. The van der Waals surface area contributed by atoms with Crippen molar-refractivity contribution in [2.75, 3.05) is 4.90 Å². The van der Waals surface area contributed by atoms with Crippen LogP contribution in [-0.4, -0.2) is 12.3 Å². The van der Waals surface area contributed by atoms with Crippen LogP contribution < -0.4 is 4.90 Å². The number of rotatable bonds is 3. The summed E-state index contributed by atoms with van der Waals surface area (Å²) >= 11 is 0. The molecule has 0 aliphatic carbocycles. The van der Waals surface area contributed by atoms with Crippen LogP contribution in [0.15, 0.2) is 42.6 Å². The molecule has 0 spiro atoms. The topological polar surface area (TPSA) is 27.1 Å². The molecule has 1 aliphatic rings. The Balaban J connectivity index is 2.36. The Labute approximate surface area is 109 Å². The summed E-state index contributed by atoms with van der Waals surface area (Å²) in [6, 6.07) is 6.61. The van der Waals surface area contributed by atoms with E-state index in [0.717, 1.165) is 0 Å². The number of hydrogen-bond acceptors (Lipinski definition) is 2. The highest BCUT2D eigenvalue weighted by Crippen LogP contribution is 2.27. The number of nitrogens with one attached hydrogen (secondary N) is 1. The smallest absolute Gasteiger partial charge is 0.0867 e. The van der Waals surface area contributed by atoms with Crippen LogP contribution in [0.1, 0.15) is 30.9 Å². The van der Waals surface area contributed by atoms with Crippen molar-refractivity contribution < 1.29 is 0 Å². The van der Waals surface area contributed by atoms with Crippen LogP contribution in [0.3, 0.4) is 0 Å². The molecular weight excluding hydrogens is 220 g/mol. The maximum Gasteiger partial charge on any atom is 0.0867 e. The molecule has 2 nitrogen and oxygen atoms in total. The number of allylic oxidation sites excluding steroid dienone is 2. The summed E-state index contributed by atoms with van der Waals surface area (Å²) in [5.74, 6) is 0.549. The monoisotopic (exact) mass is 240 g/mol. The van der Waals surface area contributed by atoms with Gasteiger partial charge in [-0.3, -0.25) is 0 Å². The van der Waals surface area contributed by atoms with E-state index in [9.17, 15) is 0 Å². The second-order valence-corrected chi connectivity index (χ2v) is 4.99. The van der Waals surface area contributed by atoms with Gasteiger partial charge in [0.15, 0.2) is 0 Å². The maximum atomic E-state index is 7.51. The van der Waals surface area contributed by atoms with E-state index in [1.807, 2.05) is 24.4 Å². The number of anilines is 1. The summed E-state index contributed by atoms with van der Waals surface area (Å²) in [5, 5.41) is 7.51. The van der Waals surface area contributed by atoms with Crippen LogP contribution in [0.4, 0.5) is 5.69 Å². The van der Waals surface area contributed by atoms with Gasteiger partial charge in [-0.2, -0.15) is 0 Å². The fourth-order valence-electron chi connectivity index (χ4n) is 2.22. The highest BCUT2D eigenvalue weighted by atomic mass is 15.1. The van der Waals surface area contributed by atoms with Gasteiger partial charge in [0.1, 0.15) is 0 Å². The first-order valence-electron chi connectivity index (χ1n) is 6.38. The zero-order chi connectivity index (χ0) is 13.1. The van der Waals surface area contributed by atoms with E-state index in [1.54, 1.807) is 0 Å². The highest BCUT2D eigenvalue weighted by Gasteiger charge is 2.16. The van der Waals surface area contributed by atoms with Crippen molar-refractivity contribution in [1.29, 1.82) is 5.41 Å². The Morgan fingerprint density at radius 1 is 1.28 bits per heavy atom. The molecule has 1 atom stereocenters. The average molecular weight is 240 g/mol. The van der Waals surface area contributed by atoms with Crippen molar-refractivity contribution in [3.8, 4) is 0 Å². The summed E-state index contributed by atoms with van der Waals surface area (Å²) in [5.41, 5.74) is 3.79. The molecule has 1 unspecified atom stereocenters.